The third kappa shape index (κ3) is 3.27. The molecule has 0 aromatic heterocycles. The molecule has 3 rings (SSSR count). The number of ether oxygens (including phenoxy) is 2. The molecule has 2 aromatic rings. The van der Waals surface area contributed by atoms with Crippen molar-refractivity contribution in [3.8, 4) is 5.75 Å². The fourth-order valence-electron chi connectivity index (χ4n) is 2.09. The molecule has 1 fully saturated rings. The van der Waals surface area contributed by atoms with Gasteiger partial charge in [0.25, 0.3) is 6.29 Å². The third-order valence-corrected chi connectivity index (χ3v) is 3.72. The number of benzene rings is 2. The van der Waals surface area contributed by atoms with E-state index >= 15 is 0 Å². The summed E-state index contributed by atoms with van der Waals surface area (Å²) in [6.45, 7) is 0. The summed E-state index contributed by atoms with van der Waals surface area (Å²) in [6, 6.07) is 13.4. The smallest absolute Gasteiger partial charge is 0.348 e. The van der Waals surface area contributed by atoms with Gasteiger partial charge in [-0.15, -0.1) is 0 Å². The topological polar surface area (TPSA) is 72.8 Å². The van der Waals surface area contributed by atoms with Gasteiger partial charge in [-0.3, -0.25) is 0 Å². The van der Waals surface area contributed by atoms with Gasteiger partial charge in [0.2, 0.25) is 0 Å². The Morgan fingerprint density at radius 1 is 1.00 bits per heavy atom. The zero-order chi connectivity index (χ0) is 16.4. The highest BCUT2D eigenvalue weighted by molar-refractivity contribution is 9.10. The van der Waals surface area contributed by atoms with E-state index in [1.807, 2.05) is 0 Å². The largest absolute Gasteiger partial charge is 0.507 e. The summed E-state index contributed by atoms with van der Waals surface area (Å²) in [6.07, 6.45) is 0.177. The van der Waals surface area contributed by atoms with Crippen molar-refractivity contribution in [2.24, 2.45) is 0 Å². The van der Waals surface area contributed by atoms with E-state index in [9.17, 15) is 14.7 Å². The third-order valence-electron chi connectivity index (χ3n) is 3.23. The van der Waals surface area contributed by atoms with Crippen molar-refractivity contribution in [3.63, 3.8) is 0 Å². The highest BCUT2D eigenvalue weighted by atomic mass is 79.9. The van der Waals surface area contributed by atoms with E-state index in [1.54, 1.807) is 42.5 Å². The molecule has 6 heteroatoms. The van der Waals surface area contributed by atoms with Gasteiger partial charge in [0, 0.05) is 15.6 Å². The summed E-state index contributed by atoms with van der Waals surface area (Å²) in [5.74, 6) is -1.66. The lowest BCUT2D eigenvalue weighted by atomic mass is 10.1. The molecule has 0 unspecified atom stereocenters. The first-order valence-corrected chi connectivity index (χ1v) is 7.51. The number of halogens is 1. The van der Waals surface area contributed by atoms with E-state index in [4.69, 9.17) is 9.47 Å². The summed E-state index contributed by atoms with van der Waals surface area (Å²) in [5, 5.41) is 9.80. The molecule has 1 aliphatic rings. The van der Waals surface area contributed by atoms with E-state index < -0.39 is 18.2 Å². The number of hydrogen-bond donors (Lipinski definition) is 1. The Kier molecular flexibility index (Phi) is 4.16. The summed E-state index contributed by atoms with van der Waals surface area (Å²) in [7, 11) is 0. The Morgan fingerprint density at radius 3 is 2.30 bits per heavy atom. The van der Waals surface area contributed by atoms with Crippen molar-refractivity contribution in [1.82, 2.24) is 0 Å². The minimum Gasteiger partial charge on any atom is -0.507 e. The molecule has 0 spiro atoms. The van der Waals surface area contributed by atoms with Crippen LogP contribution >= 0.6 is 15.9 Å². The first-order chi connectivity index (χ1) is 11.0. The van der Waals surface area contributed by atoms with Crippen LogP contribution in [0.2, 0.25) is 0 Å². The number of hydrogen-bond acceptors (Lipinski definition) is 5. The fourth-order valence-corrected chi connectivity index (χ4v) is 2.47. The maximum atomic E-state index is 12.1. The average molecular weight is 375 g/mol. The number of esters is 2. The summed E-state index contributed by atoms with van der Waals surface area (Å²) in [4.78, 5) is 24.2. The second kappa shape index (κ2) is 6.26. The normalized spacial score (nSPS) is 17.4. The lowest BCUT2D eigenvalue weighted by molar-refractivity contribution is -0.195. The molecule has 5 nitrogen and oxygen atoms in total. The number of phenolic OH excluding ortho intramolecular Hbond substituents is 1. The highest BCUT2D eigenvalue weighted by Crippen LogP contribution is 2.30. The summed E-state index contributed by atoms with van der Waals surface area (Å²) in [5.41, 5.74) is 0.602. The van der Waals surface area contributed by atoms with Gasteiger partial charge in [-0.2, -0.15) is 0 Å². The van der Waals surface area contributed by atoms with Gasteiger partial charge >= 0.3 is 11.9 Å². The van der Waals surface area contributed by atoms with Crippen LogP contribution in [0.15, 0.2) is 58.6 Å². The van der Waals surface area contributed by atoms with Gasteiger partial charge in [-0.1, -0.05) is 46.3 Å². The lowest BCUT2D eigenvalue weighted by Gasteiger charge is -2.24. The second-order valence-corrected chi connectivity index (χ2v) is 5.73. The first-order valence-electron chi connectivity index (χ1n) is 6.72. The van der Waals surface area contributed by atoms with Crippen LogP contribution < -0.4 is 0 Å². The summed E-state index contributed by atoms with van der Waals surface area (Å²) < 4.78 is 11.0. The van der Waals surface area contributed by atoms with E-state index in [2.05, 4.69) is 15.9 Å². The molecule has 2 aromatic carbocycles. The molecule has 1 saturated heterocycles. The molecule has 0 amide bonds. The number of carbonyl (C=O) groups is 2. The van der Waals surface area contributed by atoms with Crippen LogP contribution in [-0.4, -0.2) is 17.0 Å². The zero-order valence-electron chi connectivity index (χ0n) is 11.7. The monoisotopic (exact) mass is 374 g/mol. The molecule has 116 valence electrons. The Morgan fingerprint density at radius 2 is 1.65 bits per heavy atom. The van der Waals surface area contributed by atoms with Crippen LogP contribution in [0.25, 0.3) is 6.08 Å². The zero-order valence-corrected chi connectivity index (χ0v) is 13.3. The van der Waals surface area contributed by atoms with Gasteiger partial charge in [0.1, 0.15) is 11.3 Å². The Bertz CT molecular complexity index is 778. The van der Waals surface area contributed by atoms with Crippen LogP contribution in [0, 0.1) is 0 Å². The van der Waals surface area contributed by atoms with Crippen LogP contribution in [0.4, 0.5) is 0 Å². The Labute approximate surface area is 140 Å². The van der Waals surface area contributed by atoms with Crippen LogP contribution in [0.1, 0.15) is 17.4 Å². The second-order valence-electron chi connectivity index (χ2n) is 4.81. The number of aromatic hydroxyl groups is 1. The molecular weight excluding hydrogens is 364 g/mol. The van der Waals surface area contributed by atoms with Crippen LogP contribution in [0.5, 0.6) is 5.75 Å². The molecule has 23 heavy (non-hydrogen) atoms. The van der Waals surface area contributed by atoms with Crippen molar-refractivity contribution in [2.45, 2.75) is 6.29 Å². The maximum Gasteiger partial charge on any atom is 0.348 e. The van der Waals surface area contributed by atoms with E-state index in [0.29, 0.717) is 15.6 Å². The minimum absolute atomic E-state index is 0.0634. The maximum absolute atomic E-state index is 12.1. The van der Waals surface area contributed by atoms with Crippen molar-refractivity contribution in [1.29, 1.82) is 0 Å². The van der Waals surface area contributed by atoms with Gasteiger partial charge in [-0.05, 0) is 24.3 Å². The van der Waals surface area contributed by atoms with Crippen molar-refractivity contribution >= 4 is 33.9 Å². The predicted octanol–water partition coefficient (Wildman–Crippen LogP) is 3.34. The molecular formula is C17H11BrO5. The standard InChI is InChI=1S/C17H11BrO5/c18-12-6-7-14(19)11(8-12)9-13-15(20)22-17(23-16(13)21)10-4-2-1-3-5-10/h1-9,17,19H. The molecule has 0 aliphatic carbocycles. The number of carbonyl (C=O) groups excluding carboxylic acids is 2. The lowest BCUT2D eigenvalue weighted by Crippen LogP contribution is -2.29. The van der Waals surface area contributed by atoms with Crippen LogP contribution in [0.3, 0.4) is 0 Å². The van der Waals surface area contributed by atoms with Crippen molar-refractivity contribution < 1.29 is 24.2 Å². The molecule has 0 atom stereocenters. The molecule has 0 radical (unpaired) electrons. The van der Waals surface area contributed by atoms with Crippen molar-refractivity contribution in [2.75, 3.05) is 0 Å². The molecule has 0 bridgehead atoms. The van der Waals surface area contributed by atoms with Gasteiger partial charge < -0.3 is 14.6 Å². The summed E-state index contributed by atoms with van der Waals surface area (Å²) >= 11 is 3.26. The molecule has 1 N–H and O–H groups in total. The predicted molar refractivity (Wildman–Crippen MR) is 85.2 cm³/mol. The first kappa shape index (κ1) is 15.3. The SMILES string of the molecule is O=C1OC(c2ccccc2)OC(=O)C1=Cc1cc(Br)ccc1O. The Hall–Kier alpha value is -2.60. The Balaban J connectivity index is 1.89. The molecule has 0 saturated carbocycles. The van der Waals surface area contributed by atoms with Gasteiger partial charge in [-0.25, -0.2) is 9.59 Å². The number of cyclic esters (lactones) is 2. The quantitative estimate of drug-likeness (QED) is 0.495. The van der Waals surface area contributed by atoms with E-state index in [1.165, 1.54) is 12.1 Å². The number of rotatable bonds is 2. The average Bonchev–Trinajstić information content (AvgIpc) is 2.54. The fraction of sp³-hybridized carbons (Fsp3) is 0.0588. The van der Waals surface area contributed by atoms with Crippen molar-refractivity contribution in [3.05, 3.63) is 69.7 Å². The van der Waals surface area contributed by atoms with Gasteiger partial charge in [0.15, 0.2) is 0 Å². The molecule has 1 aliphatic heterocycles. The van der Waals surface area contributed by atoms with E-state index in [0.717, 1.165) is 0 Å². The van der Waals surface area contributed by atoms with Crippen LogP contribution in [-0.2, 0) is 19.1 Å². The molecule has 1 heterocycles. The number of phenols is 1. The highest BCUT2D eigenvalue weighted by Gasteiger charge is 2.34. The van der Waals surface area contributed by atoms with E-state index in [-0.39, 0.29) is 11.3 Å². The van der Waals surface area contributed by atoms with Gasteiger partial charge in [0.05, 0.1) is 0 Å². The minimum atomic E-state index is -1.07.